The number of ether oxygens (including phenoxy) is 1. The van der Waals surface area contributed by atoms with E-state index in [1.165, 1.54) is 0 Å². The third-order valence-corrected chi connectivity index (χ3v) is 3.72. The van der Waals surface area contributed by atoms with Crippen LogP contribution < -0.4 is 9.88 Å². The van der Waals surface area contributed by atoms with Crippen molar-refractivity contribution in [2.75, 3.05) is 19.8 Å². The molecule has 0 aliphatic carbocycles. The van der Waals surface area contributed by atoms with Crippen molar-refractivity contribution in [3.8, 4) is 11.9 Å². The SMILES string of the molecule is CN(C)C(=CC(C)(C)CS(N)(=O)=O)Oc1cccc(C#N)n1. The Labute approximate surface area is 131 Å². The highest BCUT2D eigenvalue weighted by Crippen LogP contribution is 2.23. The van der Waals surface area contributed by atoms with Crippen LogP contribution in [-0.2, 0) is 10.0 Å². The average Bonchev–Trinajstić information content (AvgIpc) is 2.35. The molecule has 0 radical (unpaired) electrons. The standard InChI is InChI=1S/C14H20N4O3S/c1-14(2,10-22(16,19)20)8-13(18(3)4)21-12-7-5-6-11(9-15)17-12/h5-8H,10H2,1-4H3,(H2,16,19,20). The lowest BCUT2D eigenvalue weighted by molar-refractivity contribution is 0.263. The summed E-state index contributed by atoms with van der Waals surface area (Å²) in [5.41, 5.74) is -0.487. The van der Waals surface area contributed by atoms with E-state index in [1.54, 1.807) is 57.1 Å². The van der Waals surface area contributed by atoms with Gasteiger partial charge >= 0.3 is 0 Å². The molecule has 22 heavy (non-hydrogen) atoms. The third-order valence-electron chi connectivity index (χ3n) is 2.58. The van der Waals surface area contributed by atoms with Gasteiger partial charge in [0.2, 0.25) is 15.9 Å². The Bertz CT molecular complexity index is 703. The van der Waals surface area contributed by atoms with Crippen molar-refractivity contribution >= 4 is 10.0 Å². The normalized spacial score (nSPS) is 12.6. The zero-order chi connectivity index (χ0) is 17.0. The molecule has 0 amide bonds. The summed E-state index contributed by atoms with van der Waals surface area (Å²) in [6.45, 7) is 3.48. The summed E-state index contributed by atoms with van der Waals surface area (Å²) < 4.78 is 28.2. The fraction of sp³-hybridized carbons (Fsp3) is 0.429. The lowest BCUT2D eigenvalue weighted by atomic mass is 9.96. The first-order chi connectivity index (χ1) is 10.0. The van der Waals surface area contributed by atoms with Crippen LogP contribution in [0.3, 0.4) is 0 Å². The van der Waals surface area contributed by atoms with Crippen LogP contribution in [0.25, 0.3) is 0 Å². The Morgan fingerprint density at radius 1 is 1.50 bits per heavy atom. The molecule has 1 aromatic heterocycles. The zero-order valence-corrected chi connectivity index (χ0v) is 13.9. The van der Waals surface area contributed by atoms with Crippen molar-refractivity contribution in [1.82, 2.24) is 9.88 Å². The van der Waals surface area contributed by atoms with E-state index in [9.17, 15) is 8.42 Å². The van der Waals surface area contributed by atoms with Crippen LogP contribution in [0.2, 0.25) is 0 Å². The van der Waals surface area contributed by atoms with Crippen molar-refractivity contribution < 1.29 is 13.2 Å². The van der Waals surface area contributed by atoms with E-state index in [4.69, 9.17) is 15.1 Å². The molecule has 0 saturated heterocycles. The monoisotopic (exact) mass is 324 g/mol. The molecule has 1 aromatic rings. The van der Waals surface area contributed by atoms with Gasteiger partial charge in [-0.05, 0) is 12.1 Å². The Balaban J connectivity index is 3.08. The van der Waals surface area contributed by atoms with Crippen LogP contribution in [0.15, 0.2) is 30.2 Å². The summed E-state index contributed by atoms with van der Waals surface area (Å²) in [5, 5.41) is 13.9. The molecule has 1 heterocycles. The van der Waals surface area contributed by atoms with Gasteiger partial charge in [0.05, 0.1) is 5.75 Å². The van der Waals surface area contributed by atoms with Crippen LogP contribution >= 0.6 is 0 Å². The summed E-state index contributed by atoms with van der Waals surface area (Å²) in [5.74, 6) is 0.452. The van der Waals surface area contributed by atoms with E-state index >= 15 is 0 Å². The first kappa shape index (κ1) is 17.9. The number of nitrogens with two attached hydrogens (primary N) is 1. The van der Waals surface area contributed by atoms with Crippen molar-refractivity contribution in [1.29, 1.82) is 5.26 Å². The molecule has 120 valence electrons. The Morgan fingerprint density at radius 2 is 2.14 bits per heavy atom. The van der Waals surface area contributed by atoms with Gasteiger partial charge in [-0.25, -0.2) is 18.5 Å². The van der Waals surface area contributed by atoms with Crippen LogP contribution in [-0.4, -0.2) is 38.1 Å². The van der Waals surface area contributed by atoms with E-state index in [2.05, 4.69) is 4.98 Å². The molecule has 0 aromatic carbocycles. The summed E-state index contributed by atoms with van der Waals surface area (Å²) in [7, 11) is -0.100. The molecular weight excluding hydrogens is 304 g/mol. The molecule has 0 fully saturated rings. The molecule has 8 heteroatoms. The number of nitrogens with zero attached hydrogens (tertiary/aromatic N) is 3. The van der Waals surface area contributed by atoms with Gasteiger partial charge < -0.3 is 9.64 Å². The molecule has 0 aliphatic rings. The first-order valence-corrected chi connectivity index (χ1v) is 8.20. The molecule has 0 unspecified atom stereocenters. The molecule has 0 saturated carbocycles. The van der Waals surface area contributed by atoms with Crippen molar-refractivity contribution in [3.05, 3.63) is 35.9 Å². The summed E-state index contributed by atoms with van der Waals surface area (Å²) in [6, 6.07) is 6.77. The van der Waals surface area contributed by atoms with Crippen LogP contribution in [0.1, 0.15) is 19.5 Å². The van der Waals surface area contributed by atoms with E-state index in [-0.39, 0.29) is 17.3 Å². The fourth-order valence-corrected chi connectivity index (χ4v) is 2.91. The minimum atomic E-state index is -3.61. The summed E-state index contributed by atoms with van der Waals surface area (Å²) >= 11 is 0. The van der Waals surface area contributed by atoms with E-state index < -0.39 is 15.4 Å². The smallest absolute Gasteiger partial charge is 0.222 e. The largest absolute Gasteiger partial charge is 0.423 e. The van der Waals surface area contributed by atoms with Gasteiger partial charge in [-0.1, -0.05) is 19.9 Å². The van der Waals surface area contributed by atoms with Gasteiger partial charge in [0.1, 0.15) is 11.8 Å². The molecular formula is C14H20N4O3S. The molecule has 1 rings (SSSR count). The number of primary sulfonamides is 1. The van der Waals surface area contributed by atoms with Crippen molar-refractivity contribution in [3.63, 3.8) is 0 Å². The van der Waals surface area contributed by atoms with Crippen LogP contribution in [0, 0.1) is 16.7 Å². The van der Waals surface area contributed by atoms with Crippen molar-refractivity contribution in [2.24, 2.45) is 10.6 Å². The highest BCUT2D eigenvalue weighted by atomic mass is 32.2. The van der Waals surface area contributed by atoms with Gasteiger partial charge in [0, 0.05) is 25.6 Å². The maximum atomic E-state index is 11.3. The maximum absolute atomic E-state index is 11.3. The van der Waals surface area contributed by atoms with Crippen LogP contribution in [0.4, 0.5) is 0 Å². The number of nitriles is 1. The van der Waals surface area contributed by atoms with Gasteiger partial charge in [-0.15, -0.1) is 0 Å². The minimum absolute atomic E-state index is 0.216. The van der Waals surface area contributed by atoms with Gasteiger partial charge in [0.25, 0.3) is 0 Å². The molecule has 2 N–H and O–H groups in total. The number of hydrogen-bond donors (Lipinski definition) is 1. The average molecular weight is 324 g/mol. The quantitative estimate of drug-likeness (QED) is 0.783. The summed E-state index contributed by atoms with van der Waals surface area (Å²) in [4.78, 5) is 5.71. The molecule has 0 atom stereocenters. The minimum Gasteiger partial charge on any atom is -0.423 e. The topological polar surface area (TPSA) is 109 Å². The number of sulfonamides is 1. The van der Waals surface area contributed by atoms with Gasteiger partial charge in [-0.2, -0.15) is 5.26 Å². The Kier molecular flexibility index (Phi) is 5.52. The van der Waals surface area contributed by atoms with Gasteiger partial charge in [0.15, 0.2) is 5.88 Å². The number of aromatic nitrogens is 1. The molecule has 0 bridgehead atoms. The predicted octanol–water partition coefficient (Wildman–Crippen LogP) is 1.05. The second kappa shape index (κ2) is 6.77. The van der Waals surface area contributed by atoms with E-state index in [0.717, 1.165) is 0 Å². The fourth-order valence-electron chi connectivity index (χ4n) is 1.79. The third kappa shape index (κ3) is 6.11. The number of pyridine rings is 1. The summed E-state index contributed by atoms with van der Waals surface area (Å²) in [6.07, 6.45) is 1.66. The number of rotatable bonds is 6. The lowest BCUT2D eigenvalue weighted by Crippen LogP contribution is -2.29. The van der Waals surface area contributed by atoms with Crippen molar-refractivity contribution in [2.45, 2.75) is 13.8 Å². The zero-order valence-electron chi connectivity index (χ0n) is 13.1. The van der Waals surface area contributed by atoms with E-state index in [0.29, 0.717) is 5.88 Å². The maximum Gasteiger partial charge on any atom is 0.222 e. The first-order valence-electron chi connectivity index (χ1n) is 6.48. The highest BCUT2D eigenvalue weighted by molar-refractivity contribution is 7.89. The number of hydrogen-bond acceptors (Lipinski definition) is 6. The second-order valence-electron chi connectivity index (χ2n) is 5.75. The van der Waals surface area contributed by atoms with Gasteiger partial charge in [-0.3, -0.25) is 0 Å². The highest BCUT2D eigenvalue weighted by Gasteiger charge is 2.24. The predicted molar refractivity (Wildman–Crippen MR) is 83.1 cm³/mol. The second-order valence-corrected chi connectivity index (χ2v) is 7.36. The Morgan fingerprint density at radius 3 is 2.64 bits per heavy atom. The molecule has 7 nitrogen and oxygen atoms in total. The molecule has 0 aliphatic heterocycles. The molecule has 0 spiro atoms. The lowest BCUT2D eigenvalue weighted by Gasteiger charge is -2.24. The Hall–Kier alpha value is -2.11. The van der Waals surface area contributed by atoms with E-state index in [1.807, 2.05) is 6.07 Å². The number of allylic oxidation sites excluding steroid dienone is 1. The van der Waals surface area contributed by atoms with Crippen LogP contribution in [0.5, 0.6) is 5.88 Å².